The van der Waals surface area contributed by atoms with Gasteiger partial charge in [0.2, 0.25) is 0 Å². The van der Waals surface area contributed by atoms with Crippen LogP contribution in [0.3, 0.4) is 0 Å². The van der Waals surface area contributed by atoms with Crippen LogP contribution in [0.25, 0.3) is 0 Å². The van der Waals surface area contributed by atoms with Crippen LogP contribution < -0.4 is 5.73 Å². The quantitative estimate of drug-likeness (QED) is 0.882. The summed E-state index contributed by atoms with van der Waals surface area (Å²) in [5.74, 6) is 0.313. The Balaban J connectivity index is 2.17. The van der Waals surface area contributed by atoms with E-state index >= 15 is 0 Å². The summed E-state index contributed by atoms with van der Waals surface area (Å²) in [6.07, 6.45) is -3.49. The van der Waals surface area contributed by atoms with Crippen molar-refractivity contribution in [2.75, 3.05) is 13.1 Å². The van der Waals surface area contributed by atoms with Crippen LogP contribution in [0.4, 0.5) is 13.2 Å². The lowest BCUT2D eigenvalue weighted by Gasteiger charge is -2.35. The number of piperidine rings is 1. The van der Waals surface area contributed by atoms with Gasteiger partial charge in [0.05, 0.1) is 5.56 Å². The summed E-state index contributed by atoms with van der Waals surface area (Å²) in [6, 6.07) is 4.50. The highest BCUT2D eigenvalue weighted by Crippen LogP contribution is 2.34. The van der Waals surface area contributed by atoms with Gasteiger partial charge < -0.3 is 5.73 Å². The fourth-order valence-corrected chi connectivity index (χ4v) is 2.95. The lowest BCUT2D eigenvalue weighted by molar-refractivity contribution is -0.138. The Bertz CT molecular complexity index is 476. The standard InChI is InChI=1S/C14H18BrF3N2/c1-9-7-20(5-4-13(9)19)8-10-2-3-11(15)6-12(10)14(16,17)18/h2-3,6,9,13H,4-5,7-8,19H2,1H3. The lowest BCUT2D eigenvalue weighted by atomic mass is 9.94. The minimum absolute atomic E-state index is 0.151. The minimum Gasteiger partial charge on any atom is -0.327 e. The highest BCUT2D eigenvalue weighted by atomic mass is 79.9. The van der Waals surface area contributed by atoms with E-state index in [0.717, 1.165) is 25.6 Å². The summed E-state index contributed by atoms with van der Waals surface area (Å²) in [5.41, 5.74) is 5.70. The number of hydrogen-bond acceptors (Lipinski definition) is 2. The van der Waals surface area contributed by atoms with E-state index in [0.29, 0.717) is 22.5 Å². The van der Waals surface area contributed by atoms with Crippen LogP contribution >= 0.6 is 15.9 Å². The van der Waals surface area contributed by atoms with Gasteiger partial charge in [0.1, 0.15) is 0 Å². The molecule has 0 spiro atoms. The van der Waals surface area contributed by atoms with Gasteiger partial charge in [0.15, 0.2) is 0 Å². The van der Waals surface area contributed by atoms with Crippen LogP contribution in [0, 0.1) is 5.92 Å². The average molecular weight is 351 g/mol. The Hall–Kier alpha value is -0.590. The molecular weight excluding hydrogens is 333 g/mol. The first-order valence-electron chi connectivity index (χ1n) is 6.61. The molecule has 0 aliphatic carbocycles. The van der Waals surface area contributed by atoms with Gasteiger partial charge in [-0.25, -0.2) is 0 Å². The van der Waals surface area contributed by atoms with Crippen molar-refractivity contribution in [3.63, 3.8) is 0 Å². The molecule has 2 N–H and O–H groups in total. The van der Waals surface area contributed by atoms with Gasteiger partial charge in [-0.15, -0.1) is 0 Å². The maximum atomic E-state index is 13.1. The van der Waals surface area contributed by atoms with E-state index in [1.807, 2.05) is 11.8 Å². The van der Waals surface area contributed by atoms with Gasteiger partial charge in [-0.1, -0.05) is 28.9 Å². The Kier molecular flexibility index (Phi) is 4.76. The maximum Gasteiger partial charge on any atom is 0.416 e. The molecule has 20 heavy (non-hydrogen) atoms. The minimum atomic E-state index is -4.32. The summed E-state index contributed by atoms with van der Waals surface area (Å²) in [4.78, 5) is 2.05. The number of nitrogens with zero attached hydrogens (tertiary/aromatic N) is 1. The Morgan fingerprint density at radius 3 is 2.70 bits per heavy atom. The monoisotopic (exact) mass is 350 g/mol. The van der Waals surface area contributed by atoms with Crippen molar-refractivity contribution in [2.24, 2.45) is 11.7 Å². The summed E-state index contributed by atoms with van der Waals surface area (Å²) in [5, 5.41) is 0. The number of likely N-dealkylation sites (tertiary alicyclic amines) is 1. The SMILES string of the molecule is CC1CN(Cc2ccc(Br)cc2C(F)(F)F)CCC1N. The molecule has 2 nitrogen and oxygen atoms in total. The fraction of sp³-hybridized carbons (Fsp3) is 0.571. The van der Waals surface area contributed by atoms with Gasteiger partial charge in [0, 0.05) is 23.6 Å². The topological polar surface area (TPSA) is 29.3 Å². The van der Waals surface area contributed by atoms with Crippen molar-refractivity contribution in [3.8, 4) is 0 Å². The molecule has 1 fully saturated rings. The van der Waals surface area contributed by atoms with Crippen molar-refractivity contribution < 1.29 is 13.2 Å². The molecule has 2 unspecified atom stereocenters. The first kappa shape index (κ1) is 15.8. The van der Waals surface area contributed by atoms with E-state index in [1.165, 1.54) is 0 Å². The second-order valence-corrected chi connectivity index (χ2v) is 6.38. The molecule has 6 heteroatoms. The van der Waals surface area contributed by atoms with E-state index in [9.17, 15) is 13.2 Å². The molecule has 112 valence electrons. The predicted octanol–water partition coefficient (Wildman–Crippen LogP) is 3.64. The Morgan fingerprint density at radius 2 is 2.10 bits per heavy atom. The molecule has 1 aliphatic rings. The number of nitrogens with two attached hydrogens (primary N) is 1. The first-order valence-corrected chi connectivity index (χ1v) is 7.40. The van der Waals surface area contributed by atoms with Crippen LogP contribution in [0.1, 0.15) is 24.5 Å². The smallest absolute Gasteiger partial charge is 0.327 e. The third-order valence-electron chi connectivity index (χ3n) is 3.83. The average Bonchev–Trinajstić information content (AvgIpc) is 2.35. The van der Waals surface area contributed by atoms with Crippen LogP contribution in [0.15, 0.2) is 22.7 Å². The van der Waals surface area contributed by atoms with E-state index < -0.39 is 11.7 Å². The third-order valence-corrected chi connectivity index (χ3v) is 4.32. The number of halogens is 4. The number of benzene rings is 1. The summed E-state index contributed by atoms with van der Waals surface area (Å²) in [7, 11) is 0. The first-order chi connectivity index (χ1) is 9.27. The van der Waals surface area contributed by atoms with Crippen LogP contribution in [-0.2, 0) is 12.7 Å². The lowest BCUT2D eigenvalue weighted by Crippen LogP contribution is -2.45. The Labute approximate surface area is 125 Å². The van der Waals surface area contributed by atoms with Gasteiger partial charge in [0.25, 0.3) is 0 Å². The highest BCUT2D eigenvalue weighted by Gasteiger charge is 2.34. The van der Waals surface area contributed by atoms with Crippen molar-refractivity contribution in [2.45, 2.75) is 32.1 Å². The van der Waals surface area contributed by atoms with Crippen molar-refractivity contribution >= 4 is 15.9 Å². The van der Waals surface area contributed by atoms with E-state index in [-0.39, 0.29) is 6.04 Å². The summed E-state index contributed by atoms with van der Waals surface area (Å²) in [6.45, 7) is 3.86. The zero-order valence-electron chi connectivity index (χ0n) is 11.3. The van der Waals surface area contributed by atoms with E-state index in [1.54, 1.807) is 12.1 Å². The zero-order valence-corrected chi connectivity index (χ0v) is 12.8. The zero-order chi connectivity index (χ0) is 14.9. The molecule has 0 aromatic heterocycles. The summed E-state index contributed by atoms with van der Waals surface area (Å²) >= 11 is 3.10. The molecule has 0 amide bonds. The molecule has 1 aromatic rings. The third kappa shape index (κ3) is 3.74. The second kappa shape index (κ2) is 6.03. The second-order valence-electron chi connectivity index (χ2n) is 5.46. The van der Waals surface area contributed by atoms with Crippen LogP contribution in [0.2, 0.25) is 0 Å². The largest absolute Gasteiger partial charge is 0.416 e. The van der Waals surface area contributed by atoms with Gasteiger partial charge in [-0.05, 0) is 36.6 Å². The normalized spacial score (nSPS) is 24.9. The van der Waals surface area contributed by atoms with Crippen molar-refractivity contribution in [1.82, 2.24) is 4.90 Å². The van der Waals surface area contributed by atoms with Crippen LogP contribution in [-0.4, -0.2) is 24.0 Å². The molecule has 0 radical (unpaired) electrons. The fourth-order valence-electron chi connectivity index (χ4n) is 2.59. The Morgan fingerprint density at radius 1 is 1.40 bits per heavy atom. The molecule has 0 saturated carbocycles. The molecule has 1 saturated heterocycles. The van der Waals surface area contributed by atoms with Gasteiger partial charge in [-0.3, -0.25) is 4.90 Å². The molecule has 2 atom stereocenters. The molecule has 0 bridgehead atoms. The number of hydrogen-bond donors (Lipinski definition) is 1. The van der Waals surface area contributed by atoms with Gasteiger partial charge >= 0.3 is 6.18 Å². The van der Waals surface area contributed by atoms with Crippen molar-refractivity contribution in [1.29, 1.82) is 0 Å². The summed E-state index contributed by atoms with van der Waals surface area (Å²) < 4.78 is 39.6. The molecule has 1 heterocycles. The molecule has 2 rings (SSSR count). The molecular formula is C14H18BrF3N2. The number of alkyl halides is 3. The molecule has 1 aromatic carbocycles. The maximum absolute atomic E-state index is 13.1. The number of rotatable bonds is 2. The van der Waals surface area contributed by atoms with Crippen molar-refractivity contribution in [3.05, 3.63) is 33.8 Å². The highest BCUT2D eigenvalue weighted by molar-refractivity contribution is 9.10. The van der Waals surface area contributed by atoms with E-state index in [4.69, 9.17) is 5.73 Å². The van der Waals surface area contributed by atoms with Crippen LogP contribution in [0.5, 0.6) is 0 Å². The van der Waals surface area contributed by atoms with Gasteiger partial charge in [-0.2, -0.15) is 13.2 Å². The van der Waals surface area contributed by atoms with E-state index in [2.05, 4.69) is 15.9 Å². The molecule has 1 aliphatic heterocycles. The predicted molar refractivity (Wildman–Crippen MR) is 76.2 cm³/mol.